The average Bonchev–Trinajstić information content (AvgIpc) is 3.54. The van der Waals surface area contributed by atoms with Crippen LogP contribution >= 0.6 is 7.14 Å². The van der Waals surface area contributed by atoms with Crippen molar-refractivity contribution in [3.05, 3.63) is 177 Å². The first-order valence-electron chi connectivity index (χ1n) is 14.6. The van der Waals surface area contributed by atoms with Crippen molar-refractivity contribution in [1.82, 2.24) is 4.90 Å². The van der Waals surface area contributed by atoms with Crippen molar-refractivity contribution in [3.8, 4) is 0 Å². The van der Waals surface area contributed by atoms with E-state index in [1.807, 2.05) is 121 Å². The molecule has 0 bridgehead atoms. The summed E-state index contributed by atoms with van der Waals surface area (Å²) < 4.78 is 15.1. The van der Waals surface area contributed by atoms with E-state index in [0.29, 0.717) is 0 Å². The molecule has 45 heavy (non-hydrogen) atoms. The van der Waals surface area contributed by atoms with Gasteiger partial charge in [-0.1, -0.05) is 96.3 Å². The summed E-state index contributed by atoms with van der Waals surface area (Å²) in [6.45, 7) is 2.01. The second-order valence-electron chi connectivity index (χ2n) is 10.9. The Morgan fingerprint density at radius 1 is 0.578 bits per heavy atom. The van der Waals surface area contributed by atoms with E-state index in [4.69, 9.17) is 0 Å². The molecule has 0 amide bonds. The first-order chi connectivity index (χ1) is 21.6. The Balaban J connectivity index is 0.000000231. The van der Waals surface area contributed by atoms with Crippen LogP contribution < -0.4 is 20.8 Å². The van der Waals surface area contributed by atoms with Gasteiger partial charge in [-0.2, -0.15) is 55.2 Å². The Kier molecular flexibility index (Phi) is 9.01. The zero-order chi connectivity index (χ0) is 29.9. The number of para-hydroxylation sites is 1. The molecule has 7 aromatic rings. The van der Waals surface area contributed by atoms with Crippen LogP contribution in [-0.2, 0) is 24.7 Å². The molecule has 8 rings (SSSR count). The van der Waals surface area contributed by atoms with E-state index in [0.717, 1.165) is 53.9 Å². The minimum absolute atomic E-state index is 0. The number of nitrogens with zero attached hydrogens (tertiary/aromatic N) is 2. The van der Waals surface area contributed by atoms with Gasteiger partial charge in [0.05, 0.1) is 0 Å². The van der Waals surface area contributed by atoms with Crippen molar-refractivity contribution in [2.24, 2.45) is 0 Å². The van der Waals surface area contributed by atoms with Gasteiger partial charge in [0.25, 0.3) is 0 Å². The number of hydrogen-bond donors (Lipinski definition) is 0. The summed E-state index contributed by atoms with van der Waals surface area (Å²) in [5.41, 5.74) is 1.07. The standard InChI is InChI=1S/C30H20OP.C10H10N2.Ir/c31-32(28-16-13-22-7-1-4-10-25(22)19-28,29-17-14-23-8-2-5-11-26(23)20-29)30-18-15-24-9-3-6-12-27(24)21-30;1-11-7-8-12(9-11)10-5-3-2-4-6-10;/h1-17,19-21H;2-5,7-9H,1H3;/q-1;-2;+3. The summed E-state index contributed by atoms with van der Waals surface area (Å²) in [6.07, 6.45) is 4.01. The number of rotatable bonds is 4. The molecule has 1 aliphatic rings. The fraction of sp³-hybridized carbons (Fsp3) is 0.0250. The van der Waals surface area contributed by atoms with Crippen molar-refractivity contribution in [1.29, 1.82) is 0 Å². The predicted octanol–water partition coefficient (Wildman–Crippen LogP) is 8.41. The Morgan fingerprint density at radius 2 is 1.11 bits per heavy atom. The minimum Gasteiger partial charge on any atom is -0.510 e. The third-order valence-electron chi connectivity index (χ3n) is 7.94. The summed E-state index contributed by atoms with van der Waals surface area (Å²) in [4.78, 5) is 4.03. The second-order valence-corrected chi connectivity index (χ2v) is 13.6. The first kappa shape index (κ1) is 30.6. The van der Waals surface area contributed by atoms with E-state index < -0.39 is 7.14 Å². The summed E-state index contributed by atoms with van der Waals surface area (Å²) in [6, 6.07) is 55.4. The summed E-state index contributed by atoms with van der Waals surface area (Å²) >= 11 is 0. The van der Waals surface area contributed by atoms with E-state index in [2.05, 4.69) is 72.8 Å². The molecule has 1 heterocycles. The molecule has 0 saturated heterocycles. The van der Waals surface area contributed by atoms with Crippen LogP contribution in [-0.4, -0.2) is 11.9 Å². The molecule has 220 valence electrons. The molecular weight excluding hydrogens is 748 g/mol. The van der Waals surface area contributed by atoms with Gasteiger partial charge in [0.15, 0.2) is 0 Å². The van der Waals surface area contributed by atoms with Crippen LogP contribution in [0.4, 0.5) is 5.69 Å². The van der Waals surface area contributed by atoms with Crippen LogP contribution in [0.2, 0.25) is 0 Å². The minimum atomic E-state index is -3.15. The average molecular weight is 778 g/mol. The molecule has 0 unspecified atom stereocenters. The van der Waals surface area contributed by atoms with Crippen LogP contribution in [0.5, 0.6) is 0 Å². The molecule has 0 spiro atoms. The van der Waals surface area contributed by atoms with E-state index >= 15 is 4.57 Å². The van der Waals surface area contributed by atoms with Crippen LogP contribution in [0.25, 0.3) is 32.3 Å². The third kappa shape index (κ3) is 6.23. The molecule has 0 aliphatic carbocycles. The molecule has 0 atom stereocenters. The van der Waals surface area contributed by atoms with Gasteiger partial charge in [0, 0.05) is 10.6 Å². The van der Waals surface area contributed by atoms with Crippen molar-refractivity contribution < 1.29 is 24.7 Å². The molecule has 0 N–H and O–H groups in total. The fourth-order valence-corrected chi connectivity index (χ4v) is 8.24. The van der Waals surface area contributed by atoms with Crippen LogP contribution in [0, 0.1) is 18.8 Å². The zero-order valence-electron chi connectivity index (χ0n) is 24.7. The summed E-state index contributed by atoms with van der Waals surface area (Å²) in [5.74, 6) is 0. The maximum atomic E-state index is 15.1. The maximum absolute atomic E-state index is 15.1. The molecule has 0 aromatic heterocycles. The Labute approximate surface area is 278 Å². The predicted molar refractivity (Wildman–Crippen MR) is 186 cm³/mol. The third-order valence-corrected chi connectivity index (χ3v) is 10.9. The van der Waals surface area contributed by atoms with Gasteiger partial charge in [-0.05, 0) is 53.1 Å². The number of fused-ring (bicyclic) bond motifs is 3. The van der Waals surface area contributed by atoms with Gasteiger partial charge < -0.3 is 14.4 Å². The Morgan fingerprint density at radius 3 is 1.64 bits per heavy atom. The number of anilines is 1. The molecule has 5 heteroatoms. The number of hydrogen-bond acceptors (Lipinski definition) is 3. The van der Waals surface area contributed by atoms with Gasteiger partial charge in [0.2, 0.25) is 0 Å². The Bertz CT molecular complexity index is 1980. The molecule has 1 aliphatic heterocycles. The first-order valence-corrected chi connectivity index (χ1v) is 16.3. The molecule has 0 saturated carbocycles. The van der Waals surface area contributed by atoms with Crippen LogP contribution in [0.3, 0.4) is 0 Å². The molecule has 0 fully saturated rings. The van der Waals surface area contributed by atoms with E-state index in [1.54, 1.807) is 0 Å². The molecule has 0 radical (unpaired) electrons. The largest absolute Gasteiger partial charge is 3.00 e. The van der Waals surface area contributed by atoms with E-state index in [9.17, 15) is 0 Å². The zero-order valence-corrected chi connectivity index (χ0v) is 28.0. The van der Waals surface area contributed by atoms with Gasteiger partial charge in [-0.3, -0.25) is 0 Å². The monoisotopic (exact) mass is 778 g/mol. The molecule has 3 nitrogen and oxygen atoms in total. The Hall–Kier alpha value is -4.46. The SMILES string of the molecule is CN1C=CN(c2[c-]cccc2)[CH-]1.O=P(c1[c-]cc2ccccc2c1)(c1ccc2ccccc2c1)c1ccc2ccccc2c1.[Ir+3]. The van der Waals surface area contributed by atoms with E-state index in [-0.39, 0.29) is 20.1 Å². The van der Waals surface area contributed by atoms with Crippen LogP contribution in [0.1, 0.15) is 0 Å². The van der Waals surface area contributed by atoms with Crippen molar-refractivity contribution in [3.63, 3.8) is 0 Å². The van der Waals surface area contributed by atoms with Gasteiger partial charge >= 0.3 is 20.1 Å². The van der Waals surface area contributed by atoms with Crippen molar-refractivity contribution in [2.75, 3.05) is 11.9 Å². The normalized spacial score (nSPS) is 12.6. The second kappa shape index (κ2) is 13.3. The van der Waals surface area contributed by atoms with Crippen molar-refractivity contribution in [2.45, 2.75) is 0 Å². The quantitative estimate of drug-likeness (QED) is 0.133. The van der Waals surface area contributed by atoms with Gasteiger partial charge in [-0.25, -0.2) is 0 Å². The van der Waals surface area contributed by atoms with Crippen molar-refractivity contribution >= 4 is 61.1 Å². The maximum Gasteiger partial charge on any atom is 3.00 e. The van der Waals surface area contributed by atoms with Crippen LogP contribution in [0.15, 0.2) is 158 Å². The topological polar surface area (TPSA) is 23.6 Å². The molecular formula is C40H30IrN2OP. The number of benzene rings is 7. The smallest absolute Gasteiger partial charge is 0.510 e. The summed E-state index contributed by atoms with van der Waals surface area (Å²) in [7, 11) is -1.15. The molecule has 7 aromatic carbocycles. The van der Waals surface area contributed by atoms with Gasteiger partial charge in [0.1, 0.15) is 7.14 Å². The fourth-order valence-electron chi connectivity index (χ4n) is 5.61. The summed E-state index contributed by atoms with van der Waals surface area (Å²) in [5, 5.41) is 9.03. The van der Waals surface area contributed by atoms with E-state index in [1.165, 1.54) is 0 Å². The van der Waals surface area contributed by atoms with Gasteiger partial charge in [-0.15, -0.1) is 22.5 Å².